The van der Waals surface area contributed by atoms with Crippen LogP contribution >= 0.6 is 0 Å². The zero-order valence-corrected chi connectivity index (χ0v) is 12.8. The van der Waals surface area contributed by atoms with Crippen LogP contribution in [0.2, 0.25) is 0 Å². The largest absolute Gasteiger partial charge is 0.356 e. The molecule has 0 spiro atoms. The third-order valence-electron chi connectivity index (χ3n) is 3.76. The van der Waals surface area contributed by atoms with Gasteiger partial charge >= 0.3 is 0 Å². The summed E-state index contributed by atoms with van der Waals surface area (Å²) in [5.74, 6) is -0.322. The third kappa shape index (κ3) is 5.44. The van der Waals surface area contributed by atoms with E-state index in [1.807, 2.05) is 0 Å². The molecule has 1 aromatic rings. The van der Waals surface area contributed by atoms with Crippen molar-refractivity contribution in [2.24, 2.45) is 5.92 Å². The summed E-state index contributed by atoms with van der Waals surface area (Å²) in [6, 6.07) is 5.69. The fourth-order valence-corrected chi connectivity index (χ4v) is 2.56. The lowest BCUT2D eigenvalue weighted by Gasteiger charge is -2.11. The van der Waals surface area contributed by atoms with Gasteiger partial charge in [0.25, 0.3) is 0 Å². The fraction of sp³-hybridized carbons (Fsp3) is 0.500. The molecule has 1 aliphatic rings. The van der Waals surface area contributed by atoms with E-state index in [4.69, 9.17) is 0 Å². The Kier molecular flexibility index (Phi) is 5.89. The zero-order valence-electron chi connectivity index (χ0n) is 12.8. The number of nitrogens with zero attached hydrogens (tertiary/aromatic N) is 1. The molecule has 1 fully saturated rings. The van der Waals surface area contributed by atoms with Crippen molar-refractivity contribution < 1.29 is 14.0 Å². The number of likely N-dealkylation sites (tertiary alicyclic amines) is 1. The van der Waals surface area contributed by atoms with Gasteiger partial charge in [-0.25, -0.2) is 4.39 Å². The van der Waals surface area contributed by atoms with E-state index < -0.39 is 5.82 Å². The van der Waals surface area contributed by atoms with Gasteiger partial charge in [0.2, 0.25) is 11.8 Å². The average molecular weight is 307 g/mol. The molecule has 1 heterocycles. The molecule has 22 heavy (non-hydrogen) atoms. The first kappa shape index (κ1) is 16.4. The molecule has 2 N–H and O–H groups in total. The molecule has 1 saturated heterocycles. The Hall–Kier alpha value is -1.95. The van der Waals surface area contributed by atoms with Crippen molar-refractivity contribution in [3.05, 3.63) is 30.1 Å². The molecule has 0 unspecified atom stereocenters. The second-order valence-corrected chi connectivity index (χ2v) is 5.78. The Balaban J connectivity index is 1.64. The van der Waals surface area contributed by atoms with Crippen molar-refractivity contribution in [3.8, 4) is 0 Å². The summed E-state index contributed by atoms with van der Waals surface area (Å²) in [7, 11) is 2.07. The summed E-state index contributed by atoms with van der Waals surface area (Å²) in [5, 5.41) is 5.44. The summed E-state index contributed by atoms with van der Waals surface area (Å²) in [6.45, 7) is 2.73. The summed E-state index contributed by atoms with van der Waals surface area (Å²) < 4.78 is 13.0. The van der Waals surface area contributed by atoms with Crippen LogP contribution in [0.1, 0.15) is 19.3 Å². The highest BCUT2D eigenvalue weighted by atomic mass is 19.1. The van der Waals surface area contributed by atoms with Crippen LogP contribution in [0.3, 0.4) is 0 Å². The molecule has 2 rings (SSSR count). The number of nitrogens with one attached hydrogen (secondary N) is 2. The normalized spacial score (nSPS) is 18.2. The summed E-state index contributed by atoms with van der Waals surface area (Å²) in [4.78, 5) is 25.7. The van der Waals surface area contributed by atoms with Crippen LogP contribution in [0.4, 0.5) is 10.1 Å². The van der Waals surface area contributed by atoms with Gasteiger partial charge in [-0.15, -0.1) is 0 Å². The van der Waals surface area contributed by atoms with Crippen molar-refractivity contribution in [2.75, 3.05) is 32.0 Å². The maximum atomic E-state index is 13.0. The fourth-order valence-electron chi connectivity index (χ4n) is 2.56. The lowest BCUT2D eigenvalue weighted by molar-refractivity contribution is -0.124. The molecule has 0 saturated carbocycles. The first-order valence-corrected chi connectivity index (χ1v) is 7.53. The molecule has 0 bridgehead atoms. The summed E-state index contributed by atoms with van der Waals surface area (Å²) >= 11 is 0. The van der Waals surface area contributed by atoms with Gasteiger partial charge in [0.1, 0.15) is 5.82 Å². The molecule has 120 valence electrons. The highest BCUT2D eigenvalue weighted by molar-refractivity contribution is 5.93. The van der Waals surface area contributed by atoms with Crippen molar-refractivity contribution in [1.82, 2.24) is 10.2 Å². The maximum Gasteiger partial charge on any atom is 0.224 e. The topological polar surface area (TPSA) is 61.4 Å². The minimum absolute atomic E-state index is 0.0902. The van der Waals surface area contributed by atoms with Crippen molar-refractivity contribution in [2.45, 2.75) is 19.3 Å². The van der Waals surface area contributed by atoms with Crippen LogP contribution in [-0.2, 0) is 9.59 Å². The van der Waals surface area contributed by atoms with E-state index in [0.717, 1.165) is 19.5 Å². The number of carbonyl (C=O) groups is 2. The number of halogens is 1. The number of carbonyl (C=O) groups excluding carboxylic acids is 2. The smallest absolute Gasteiger partial charge is 0.224 e. The van der Waals surface area contributed by atoms with E-state index in [1.54, 1.807) is 6.07 Å². The molecular weight excluding hydrogens is 285 g/mol. The number of hydrogen-bond acceptors (Lipinski definition) is 3. The summed E-state index contributed by atoms with van der Waals surface area (Å²) in [6.07, 6.45) is 1.33. The van der Waals surface area contributed by atoms with Crippen LogP contribution in [0, 0.1) is 11.7 Å². The predicted octanol–water partition coefficient (Wildman–Crippen LogP) is 1.61. The SMILES string of the molecule is CN1CC[C@H](CNC(=O)CCC(=O)Nc2cccc(F)c2)C1. The van der Waals surface area contributed by atoms with Gasteiger partial charge in [-0.2, -0.15) is 0 Å². The number of hydrogen-bond donors (Lipinski definition) is 2. The lowest BCUT2D eigenvalue weighted by atomic mass is 10.1. The van der Waals surface area contributed by atoms with E-state index in [0.29, 0.717) is 18.2 Å². The van der Waals surface area contributed by atoms with Gasteiger partial charge in [0, 0.05) is 31.6 Å². The van der Waals surface area contributed by atoms with Crippen LogP contribution in [0.15, 0.2) is 24.3 Å². The number of anilines is 1. The molecule has 6 heteroatoms. The van der Waals surface area contributed by atoms with Crippen LogP contribution in [0.25, 0.3) is 0 Å². The van der Waals surface area contributed by atoms with E-state index in [2.05, 4.69) is 22.6 Å². The van der Waals surface area contributed by atoms with Gasteiger partial charge in [-0.05, 0) is 44.1 Å². The maximum absolute atomic E-state index is 13.0. The minimum Gasteiger partial charge on any atom is -0.356 e. The van der Waals surface area contributed by atoms with Crippen LogP contribution in [-0.4, -0.2) is 43.4 Å². The van der Waals surface area contributed by atoms with Gasteiger partial charge in [-0.3, -0.25) is 9.59 Å². The Morgan fingerprint density at radius 1 is 1.32 bits per heavy atom. The number of amides is 2. The molecule has 1 aliphatic heterocycles. The van der Waals surface area contributed by atoms with Crippen molar-refractivity contribution >= 4 is 17.5 Å². The van der Waals surface area contributed by atoms with E-state index in [1.165, 1.54) is 18.2 Å². The van der Waals surface area contributed by atoms with Gasteiger partial charge in [-0.1, -0.05) is 6.07 Å². The molecular formula is C16H22FN3O2. The second-order valence-electron chi connectivity index (χ2n) is 5.78. The molecule has 0 aromatic heterocycles. The Morgan fingerprint density at radius 3 is 2.77 bits per heavy atom. The third-order valence-corrected chi connectivity index (χ3v) is 3.76. The van der Waals surface area contributed by atoms with E-state index in [9.17, 15) is 14.0 Å². The Labute approximate surface area is 129 Å². The first-order valence-electron chi connectivity index (χ1n) is 7.53. The first-order chi connectivity index (χ1) is 10.5. The van der Waals surface area contributed by atoms with Gasteiger partial charge in [0.15, 0.2) is 0 Å². The molecule has 0 aliphatic carbocycles. The standard InChI is InChI=1S/C16H22FN3O2/c1-20-8-7-12(11-20)10-18-15(21)5-6-16(22)19-14-4-2-3-13(17)9-14/h2-4,9,12H,5-8,10-11H2,1H3,(H,18,21)(H,19,22)/t12-/m1/s1. The number of rotatable bonds is 6. The Bertz CT molecular complexity index is 536. The molecule has 5 nitrogen and oxygen atoms in total. The van der Waals surface area contributed by atoms with E-state index in [-0.39, 0.29) is 24.7 Å². The second kappa shape index (κ2) is 7.89. The number of benzene rings is 1. The lowest BCUT2D eigenvalue weighted by Crippen LogP contribution is -2.31. The molecule has 1 atom stereocenters. The van der Waals surface area contributed by atoms with Crippen molar-refractivity contribution in [3.63, 3.8) is 0 Å². The minimum atomic E-state index is -0.405. The highest BCUT2D eigenvalue weighted by Gasteiger charge is 2.19. The zero-order chi connectivity index (χ0) is 15.9. The summed E-state index contributed by atoms with van der Waals surface area (Å²) in [5.41, 5.74) is 0.402. The average Bonchev–Trinajstić information content (AvgIpc) is 2.89. The Morgan fingerprint density at radius 2 is 2.09 bits per heavy atom. The quantitative estimate of drug-likeness (QED) is 0.839. The molecule has 1 aromatic carbocycles. The van der Waals surface area contributed by atoms with Gasteiger partial charge in [0.05, 0.1) is 0 Å². The predicted molar refractivity (Wildman–Crippen MR) is 82.9 cm³/mol. The van der Waals surface area contributed by atoms with Crippen molar-refractivity contribution in [1.29, 1.82) is 0 Å². The molecule has 0 radical (unpaired) electrons. The van der Waals surface area contributed by atoms with Crippen LogP contribution < -0.4 is 10.6 Å². The highest BCUT2D eigenvalue weighted by Crippen LogP contribution is 2.13. The van der Waals surface area contributed by atoms with E-state index >= 15 is 0 Å². The monoisotopic (exact) mass is 307 g/mol. The van der Waals surface area contributed by atoms with Gasteiger partial charge < -0.3 is 15.5 Å². The van der Waals surface area contributed by atoms with Crippen LogP contribution in [0.5, 0.6) is 0 Å². The molecule has 2 amide bonds.